The molecular weight excluding hydrogens is 179 g/mol. The van der Waals surface area contributed by atoms with E-state index >= 15 is 0 Å². The number of fused-ring (bicyclic) bond motifs is 3. The van der Waals surface area contributed by atoms with E-state index in [1.165, 1.54) is 6.07 Å². The molecule has 0 radical (unpaired) electrons. The van der Waals surface area contributed by atoms with Crippen molar-refractivity contribution >= 4 is 10.9 Å². The van der Waals surface area contributed by atoms with Crippen molar-refractivity contribution in [2.24, 2.45) is 5.73 Å². The van der Waals surface area contributed by atoms with Crippen LogP contribution in [0.2, 0.25) is 0 Å². The molecule has 1 aliphatic heterocycles. The second-order valence-electron chi connectivity index (χ2n) is 3.79. The lowest BCUT2D eigenvalue weighted by Crippen LogP contribution is -2.04. The summed E-state index contributed by atoms with van der Waals surface area (Å²) < 4.78 is 15.5. The number of aryl methyl sites for hydroxylation is 1. The molecule has 1 aromatic heterocycles. The van der Waals surface area contributed by atoms with E-state index < -0.39 is 0 Å². The molecule has 2 N–H and O–H groups in total. The van der Waals surface area contributed by atoms with Crippen molar-refractivity contribution in [2.45, 2.75) is 19.0 Å². The zero-order chi connectivity index (χ0) is 9.71. The Morgan fingerprint density at radius 2 is 2.29 bits per heavy atom. The lowest BCUT2D eigenvalue weighted by atomic mass is 10.2. The molecule has 1 unspecified atom stereocenters. The van der Waals surface area contributed by atoms with Crippen molar-refractivity contribution in [3.8, 4) is 0 Å². The highest BCUT2D eigenvalue weighted by atomic mass is 19.1. The van der Waals surface area contributed by atoms with Crippen molar-refractivity contribution in [2.75, 3.05) is 0 Å². The van der Waals surface area contributed by atoms with Gasteiger partial charge in [0.2, 0.25) is 0 Å². The molecule has 0 fully saturated rings. The van der Waals surface area contributed by atoms with Gasteiger partial charge in [0.15, 0.2) is 0 Å². The van der Waals surface area contributed by atoms with Gasteiger partial charge < -0.3 is 10.3 Å². The van der Waals surface area contributed by atoms with Crippen LogP contribution in [-0.2, 0) is 6.54 Å². The molecule has 3 heteroatoms. The van der Waals surface area contributed by atoms with Gasteiger partial charge in [0, 0.05) is 23.7 Å². The topological polar surface area (TPSA) is 30.9 Å². The molecule has 2 heterocycles. The van der Waals surface area contributed by atoms with Crippen LogP contribution >= 0.6 is 0 Å². The molecule has 3 rings (SSSR count). The predicted octanol–water partition coefficient (Wildman–Crippen LogP) is 2.18. The number of para-hydroxylation sites is 1. The monoisotopic (exact) mass is 190 g/mol. The Kier molecular flexibility index (Phi) is 1.47. The molecule has 1 aromatic carbocycles. The lowest BCUT2D eigenvalue weighted by molar-refractivity contribution is 0.625. The van der Waals surface area contributed by atoms with E-state index in [1.54, 1.807) is 6.07 Å². The SMILES string of the molecule is NC1CCn2c1cc1cccc(F)c12. The van der Waals surface area contributed by atoms with E-state index in [1.807, 2.05) is 16.7 Å². The van der Waals surface area contributed by atoms with E-state index in [0.29, 0.717) is 5.52 Å². The van der Waals surface area contributed by atoms with E-state index in [4.69, 9.17) is 5.73 Å². The molecule has 0 bridgehead atoms. The summed E-state index contributed by atoms with van der Waals surface area (Å²) in [5, 5.41) is 0.954. The second kappa shape index (κ2) is 2.58. The third-order valence-electron chi connectivity index (χ3n) is 2.95. The minimum absolute atomic E-state index is 0.0711. The van der Waals surface area contributed by atoms with Gasteiger partial charge >= 0.3 is 0 Å². The maximum Gasteiger partial charge on any atom is 0.147 e. The van der Waals surface area contributed by atoms with Crippen molar-refractivity contribution < 1.29 is 4.39 Å². The summed E-state index contributed by atoms with van der Waals surface area (Å²) in [5.74, 6) is -0.150. The molecule has 2 aromatic rings. The van der Waals surface area contributed by atoms with Crippen molar-refractivity contribution in [3.63, 3.8) is 0 Å². The molecule has 1 aliphatic rings. The first-order chi connectivity index (χ1) is 6.77. The van der Waals surface area contributed by atoms with Crippen LogP contribution in [0.1, 0.15) is 18.2 Å². The Labute approximate surface area is 81.1 Å². The molecule has 1 atom stereocenters. The highest BCUT2D eigenvalue weighted by Gasteiger charge is 2.22. The quantitative estimate of drug-likeness (QED) is 0.678. The molecule has 0 aliphatic carbocycles. The number of rotatable bonds is 0. The van der Waals surface area contributed by atoms with E-state index in [-0.39, 0.29) is 11.9 Å². The first-order valence-electron chi connectivity index (χ1n) is 4.80. The number of nitrogens with zero attached hydrogens (tertiary/aromatic N) is 1. The van der Waals surface area contributed by atoms with Crippen LogP contribution in [0, 0.1) is 5.82 Å². The van der Waals surface area contributed by atoms with Crippen LogP contribution in [0.4, 0.5) is 4.39 Å². The van der Waals surface area contributed by atoms with Gasteiger partial charge in [-0.05, 0) is 18.6 Å². The summed E-state index contributed by atoms with van der Waals surface area (Å²) in [7, 11) is 0. The molecule has 2 nitrogen and oxygen atoms in total. The zero-order valence-electron chi connectivity index (χ0n) is 7.70. The first-order valence-corrected chi connectivity index (χ1v) is 4.80. The van der Waals surface area contributed by atoms with Gasteiger partial charge in [0.25, 0.3) is 0 Å². The minimum Gasteiger partial charge on any atom is -0.341 e. The van der Waals surface area contributed by atoms with Crippen molar-refractivity contribution in [1.29, 1.82) is 0 Å². The van der Waals surface area contributed by atoms with Crippen LogP contribution in [0.25, 0.3) is 10.9 Å². The van der Waals surface area contributed by atoms with E-state index in [0.717, 1.165) is 24.0 Å². The fourth-order valence-electron chi connectivity index (χ4n) is 2.26. The third-order valence-corrected chi connectivity index (χ3v) is 2.95. The highest BCUT2D eigenvalue weighted by Crippen LogP contribution is 2.32. The lowest BCUT2D eigenvalue weighted by Gasteiger charge is -2.00. The van der Waals surface area contributed by atoms with Gasteiger partial charge in [0.1, 0.15) is 5.82 Å². The van der Waals surface area contributed by atoms with Gasteiger partial charge in [-0.2, -0.15) is 0 Å². The maximum atomic E-state index is 13.5. The fraction of sp³-hybridized carbons (Fsp3) is 0.273. The molecule has 72 valence electrons. The Bertz CT molecular complexity index is 501. The van der Waals surface area contributed by atoms with Crippen LogP contribution in [-0.4, -0.2) is 4.57 Å². The maximum absolute atomic E-state index is 13.5. The number of hydrogen-bond acceptors (Lipinski definition) is 1. The van der Waals surface area contributed by atoms with Crippen molar-refractivity contribution in [1.82, 2.24) is 4.57 Å². The summed E-state index contributed by atoms with van der Waals surface area (Å²) in [4.78, 5) is 0. The summed E-state index contributed by atoms with van der Waals surface area (Å²) in [6.07, 6.45) is 0.916. The molecule has 14 heavy (non-hydrogen) atoms. The third kappa shape index (κ3) is 0.876. The molecule has 0 spiro atoms. The minimum atomic E-state index is -0.150. The summed E-state index contributed by atoms with van der Waals surface area (Å²) in [6, 6.07) is 7.23. The predicted molar refractivity (Wildman–Crippen MR) is 53.4 cm³/mol. The largest absolute Gasteiger partial charge is 0.341 e. The van der Waals surface area contributed by atoms with Gasteiger partial charge in [-0.3, -0.25) is 0 Å². The number of aromatic nitrogens is 1. The summed E-state index contributed by atoms with van der Waals surface area (Å²) in [6.45, 7) is 0.834. The van der Waals surface area contributed by atoms with Gasteiger partial charge in [-0.1, -0.05) is 12.1 Å². The van der Waals surface area contributed by atoms with Gasteiger partial charge in [0.05, 0.1) is 5.52 Å². The second-order valence-corrected chi connectivity index (χ2v) is 3.79. The normalized spacial score (nSPS) is 20.3. The number of hydrogen-bond donors (Lipinski definition) is 1. The molecule has 0 saturated heterocycles. The highest BCUT2D eigenvalue weighted by molar-refractivity contribution is 5.82. The standard InChI is InChI=1S/C11H11FN2/c12-8-3-1-2-7-6-10-9(13)4-5-14(10)11(7)8/h1-3,6,9H,4-5,13H2. The van der Waals surface area contributed by atoms with Crippen LogP contribution < -0.4 is 5.73 Å². The molecular formula is C11H11FN2. The summed E-state index contributed by atoms with van der Waals surface area (Å²) in [5.41, 5.74) is 7.68. The Morgan fingerprint density at radius 3 is 3.14 bits per heavy atom. The smallest absolute Gasteiger partial charge is 0.147 e. The zero-order valence-corrected chi connectivity index (χ0v) is 7.70. The summed E-state index contributed by atoms with van der Waals surface area (Å²) >= 11 is 0. The van der Waals surface area contributed by atoms with Gasteiger partial charge in [-0.25, -0.2) is 4.39 Å². The van der Waals surface area contributed by atoms with Crippen molar-refractivity contribution in [3.05, 3.63) is 35.8 Å². The fourth-order valence-corrected chi connectivity index (χ4v) is 2.26. The molecule has 0 amide bonds. The van der Waals surface area contributed by atoms with Crippen LogP contribution in [0.5, 0.6) is 0 Å². The average molecular weight is 190 g/mol. The van der Waals surface area contributed by atoms with Gasteiger partial charge in [-0.15, -0.1) is 0 Å². The molecule has 0 saturated carbocycles. The van der Waals surface area contributed by atoms with E-state index in [2.05, 4.69) is 0 Å². The number of nitrogens with two attached hydrogens (primary N) is 1. The Hall–Kier alpha value is -1.35. The number of benzene rings is 1. The number of halogens is 1. The average Bonchev–Trinajstić information content (AvgIpc) is 2.68. The van der Waals surface area contributed by atoms with Crippen LogP contribution in [0.15, 0.2) is 24.3 Å². The van der Waals surface area contributed by atoms with Crippen LogP contribution in [0.3, 0.4) is 0 Å². The Morgan fingerprint density at radius 1 is 1.43 bits per heavy atom. The Balaban J connectivity index is 2.41. The van der Waals surface area contributed by atoms with E-state index in [9.17, 15) is 4.39 Å². The first kappa shape index (κ1) is 8.00.